The smallest absolute Gasteiger partial charge is 0.336 e. The Kier molecular flexibility index (Phi) is 6.11. The summed E-state index contributed by atoms with van der Waals surface area (Å²) in [7, 11) is 0. The van der Waals surface area contributed by atoms with Gasteiger partial charge in [0.25, 0.3) is 5.69 Å². The third-order valence-corrected chi connectivity index (χ3v) is 4.74. The molecule has 0 amide bonds. The molecule has 2 aromatic carbocycles. The van der Waals surface area contributed by atoms with Crippen LogP contribution in [0, 0.1) is 17.0 Å². The first kappa shape index (κ1) is 21.0. The number of aryl methyl sites for hydroxylation is 1. The lowest BCUT2D eigenvalue weighted by molar-refractivity contribution is -0.385. The van der Waals surface area contributed by atoms with Gasteiger partial charge in [-0.15, -0.1) is 0 Å². The highest BCUT2D eigenvalue weighted by molar-refractivity contribution is 5.88. The van der Waals surface area contributed by atoms with E-state index in [-0.39, 0.29) is 18.2 Å². The van der Waals surface area contributed by atoms with Crippen molar-refractivity contribution in [1.29, 1.82) is 0 Å². The zero-order chi connectivity index (χ0) is 21.8. The average molecular weight is 407 g/mol. The van der Waals surface area contributed by atoms with Crippen molar-refractivity contribution in [1.82, 2.24) is 0 Å². The second-order valence-corrected chi connectivity index (χ2v) is 7.21. The van der Waals surface area contributed by atoms with E-state index in [1.165, 1.54) is 24.3 Å². The number of esters is 1. The van der Waals surface area contributed by atoms with Crippen LogP contribution in [-0.4, -0.2) is 10.9 Å². The van der Waals surface area contributed by atoms with E-state index in [0.717, 1.165) is 17.2 Å². The Morgan fingerprint density at radius 2 is 1.97 bits per heavy atom. The number of carbonyl (C=O) groups excluding carboxylic acids is 1. The predicted octanol–water partition coefficient (Wildman–Crippen LogP) is 4.89. The van der Waals surface area contributed by atoms with Crippen LogP contribution in [0.5, 0.6) is 0 Å². The summed E-state index contributed by atoms with van der Waals surface area (Å²) in [6.45, 7) is 5.97. The molecule has 0 bridgehead atoms. The maximum Gasteiger partial charge on any atom is 0.336 e. The first-order valence-electron chi connectivity index (χ1n) is 9.42. The Morgan fingerprint density at radius 1 is 1.23 bits per heavy atom. The molecule has 0 spiro atoms. The summed E-state index contributed by atoms with van der Waals surface area (Å²) in [4.78, 5) is 34.6. The number of hydrogen-bond acceptors (Lipinski definition) is 6. The Labute approximate surface area is 172 Å². The van der Waals surface area contributed by atoms with Crippen molar-refractivity contribution < 1.29 is 18.9 Å². The van der Waals surface area contributed by atoms with E-state index in [1.807, 2.05) is 19.1 Å². The Morgan fingerprint density at radius 3 is 2.67 bits per heavy atom. The molecule has 0 aliphatic rings. The molecule has 7 heteroatoms. The number of fused-ring (bicyclic) bond motifs is 1. The van der Waals surface area contributed by atoms with Crippen LogP contribution in [0.3, 0.4) is 0 Å². The van der Waals surface area contributed by atoms with E-state index in [1.54, 1.807) is 12.1 Å². The second kappa shape index (κ2) is 8.73. The highest BCUT2D eigenvalue weighted by atomic mass is 16.6. The van der Waals surface area contributed by atoms with E-state index in [4.69, 9.17) is 9.15 Å². The lowest BCUT2D eigenvalue weighted by Crippen LogP contribution is -2.06. The minimum Gasteiger partial charge on any atom is -0.458 e. The number of nitrogens with zero attached hydrogens (tertiary/aromatic N) is 1. The summed E-state index contributed by atoms with van der Waals surface area (Å²) in [6, 6.07) is 11.1. The van der Waals surface area contributed by atoms with Crippen molar-refractivity contribution in [2.24, 2.45) is 0 Å². The number of para-hydroxylation sites is 1. The van der Waals surface area contributed by atoms with Gasteiger partial charge in [0.15, 0.2) is 0 Å². The Hall–Kier alpha value is -3.74. The average Bonchev–Trinajstić information content (AvgIpc) is 2.69. The molecule has 0 saturated heterocycles. The fraction of sp³-hybridized carbons (Fsp3) is 0.217. The second-order valence-electron chi connectivity index (χ2n) is 7.21. The summed E-state index contributed by atoms with van der Waals surface area (Å²) >= 11 is 0. The molecular weight excluding hydrogens is 386 g/mol. The molecule has 1 heterocycles. The van der Waals surface area contributed by atoms with Gasteiger partial charge in [0, 0.05) is 29.2 Å². The van der Waals surface area contributed by atoms with Crippen LogP contribution < -0.4 is 5.63 Å². The van der Waals surface area contributed by atoms with E-state index in [0.29, 0.717) is 22.1 Å². The fourth-order valence-electron chi connectivity index (χ4n) is 3.28. The summed E-state index contributed by atoms with van der Waals surface area (Å²) in [5.74, 6) is -0.396. The SMILES string of the molecule is Cc1cc2oc(=O)cc(COC(=O)C=Cc3ccccc3[N+](=O)[O-])c2cc1C(C)C. The van der Waals surface area contributed by atoms with Gasteiger partial charge >= 0.3 is 11.6 Å². The number of rotatable bonds is 6. The van der Waals surface area contributed by atoms with E-state index >= 15 is 0 Å². The molecule has 0 aliphatic carbocycles. The van der Waals surface area contributed by atoms with Crippen LogP contribution in [0.1, 0.15) is 42.0 Å². The molecule has 0 radical (unpaired) electrons. The molecule has 154 valence electrons. The molecule has 1 aromatic heterocycles. The highest BCUT2D eigenvalue weighted by Crippen LogP contribution is 2.27. The van der Waals surface area contributed by atoms with Crippen LogP contribution in [-0.2, 0) is 16.1 Å². The fourth-order valence-corrected chi connectivity index (χ4v) is 3.28. The predicted molar refractivity (Wildman–Crippen MR) is 113 cm³/mol. The molecule has 0 unspecified atom stereocenters. The van der Waals surface area contributed by atoms with Gasteiger partial charge in [0.1, 0.15) is 12.2 Å². The maximum absolute atomic E-state index is 12.1. The minimum atomic E-state index is -0.675. The van der Waals surface area contributed by atoms with Crippen molar-refractivity contribution in [3.8, 4) is 0 Å². The number of nitro benzene ring substituents is 1. The van der Waals surface area contributed by atoms with Gasteiger partial charge in [-0.05, 0) is 48.2 Å². The van der Waals surface area contributed by atoms with Crippen LogP contribution in [0.25, 0.3) is 17.0 Å². The number of hydrogen-bond donors (Lipinski definition) is 0. The highest BCUT2D eigenvalue weighted by Gasteiger charge is 2.13. The first-order valence-corrected chi connectivity index (χ1v) is 9.42. The number of benzene rings is 2. The Bertz CT molecular complexity index is 1210. The van der Waals surface area contributed by atoms with Crippen LogP contribution in [0.4, 0.5) is 5.69 Å². The van der Waals surface area contributed by atoms with Crippen molar-refractivity contribution >= 4 is 28.7 Å². The molecule has 3 aromatic rings. The molecule has 0 N–H and O–H groups in total. The van der Waals surface area contributed by atoms with Gasteiger partial charge in [0.05, 0.1) is 10.5 Å². The third kappa shape index (κ3) is 4.63. The van der Waals surface area contributed by atoms with Crippen molar-refractivity contribution in [3.63, 3.8) is 0 Å². The van der Waals surface area contributed by atoms with Gasteiger partial charge in [-0.3, -0.25) is 10.1 Å². The molecule has 0 saturated carbocycles. The van der Waals surface area contributed by atoms with Gasteiger partial charge in [-0.2, -0.15) is 0 Å². The van der Waals surface area contributed by atoms with E-state index < -0.39 is 16.5 Å². The lowest BCUT2D eigenvalue weighted by atomic mass is 9.95. The van der Waals surface area contributed by atoms with Gasteiger partial charge in [-0.1, -0.05) is 26.0 Å². The Balaban J connectivity index is 1.83. The normalized spacial score (nSPS) is 11.3. The lowest BCUT2D eigenvalue weighted by Gasteiger charge is -2.13. The molecule has 3 rings (SSSR count). The standard InChI is InChI=1S/C23H21NO6/c1-14(2)18-12-19-17(11-23(26)30-21(19)10-15(18)3)13-29-22(25)9-8-16-6-4-5-7-20(16)24(27)28/h4-12,14H,13H2,1-3H3. The molecule has 0 atom stereocenters. The van der Waals surface area contributed by atoms with Gasteiger partial charge < -0.3 is 9.15 Å². The van der Waals surface area contributed by atoms with Crippen LogP contribution in [0.2, 0.25) is 0 Å². The first-order chi connectivity index (χ1) is 14.3. The summed E-state index contributed by atoms with van der Waals surface area (Å²) in [5, 5.41) is 11.8. The zero-order valence-corrected chi connectivity index (χ0v) is 16.9. The number of nitro groups is 1. The van der Waals surface area contributed by atoms with Crippen LogP contribution in [0.15, 0.2) is 57.8 Å². The quantitative estimate of drug-likeness (QED) is 0.190. The number of ether oxygens (including phenoxy) is 1. The minimum absolute atomic E-state index is 0.107. The van der Waals surface area contributed by atoms with E-state index in [9.17, 15) is 19.7 Å². The van der Waals surface area contributed by atoms with Crippen molar-refractivity contribution in [3.05, 3.63) is 91.3 Å². The monoisotopic (exact) mass is 407 g/mol. The summed E-state index contributed by atoms with van der Waals surface area (Å²) in [6.07, 6.45) is 2.46. The van der Waals surface area contributed by atoms with Crippen molar-refractivity contribution in [2.75, 3.05) is 0 Å². The molecular formula is C23H21NO6. The maximum atomic E-state index is 12.1. The third-order valence-electron chi connectivity index (χ3n) is 4.74. The summed E-state index contributed by atoms with van der Waals surface area (Å²) < 4.78 is 10.6. The van der Waals surface area contributed by atoms with Crippen molar-refractivity contribution in [2.45, 2.75) is 33.3 Å². The zero-order valence-electron chi connectivity index (χ0n) is 16.9. The van der Waals surface area contributed by atoms with Gasteiger partial charge in [-0.25, -0.2) is 9.59 Å². The largest absolute Gasteiger partial charge is 0.458 e. The number of carbonyl (C=O) groups is 1. The summed E-state index contributed by atoms with van der Waals surface area (Å²) in [5.41, 5.74) is 2.76. The molecule has 7 nitrogen and oxygen atoms in total. The molecule has 0 aliphatic heterocycles. The van der Waals surface area contributed by atoms with Gasteiger partial charge in [0.2, 0.25) is 0 Å². The molecule has 30 heavy (non-hydrogen) atoms. The van der Waals surface area contributed by atoms with Crippen LogP contribution >= 0.6 is 0 Å². The molecule has 0 fully saturated rings. The van der Waals surface area contributed by atoms with E-state index in [2.05, 4.69) is 13.8 Å². The topological polar surface area (TPSA) is 99.7 Å².